The lowest BCUT2D eigenvalue weighted by molar-refractivity contribution is -0.153. The summed E-state index contributed by atoms with van der Waals surface area (Å²) in [5.74, 6) is -0.529. The van der Waals surface area contributed by atoms with E-state index in [-0.39, 0.29) is 0 Å². The van der Waals surface area contributed by atoms with Gasteiger partial charge in [-0.25, -0.2) is 4.79 Å². The SMILES string of the molecule is Cc1cccc(O[C@H](C)C(=O)OCC(=O)Nc2sc3c(c2C#N)CCC3)c1. The highest BCUT2D eigenvalue weighted by Gasteiger charge is 2.24. The normalized spacial score (nSPS) is 13.4. The number of amides is 1. The van der Waals surface area contributed by atoms with Crippen LogP contribution in [-0.2, 0) is 27.2 Å². The van der Waals surface area contributed by atoms with Gasteiger partial charge in [-0.05, 0) is 56.4 Å². The van der Waals surface area contributed by atoms with Gasteiger partial charge in [0.05, 0.1) is 5.56 Å². The molecule has 0 spiro atoms. The zero-order chi connectivity index (χ0) is 19.4. The van der Waals surface area contributed by atoms with Crippen LogP contribution in [0.1, 0.15) is 34.9 Å². The van der Waals surface area contributed by atoms with Crippen LogP contribution in [0, 0.1) is 18.3 Å². The van der Waals surface area contributed by atoms with Gasteiger partial charge in [0.15, 0.2) is 12.7 Å². The van der Waals surface area contributed by atoms with E-state index in [0.717, 1.165) is 35.3 Å². The average molecular weight is 384 g/mol. The van der Waals surface area contributed by atoms with E-state index in [0.29, 0.717) is 16.3 Å². The van der Waals surface area contributed by atoms with E-state index in [4.69, 9.17) is 9.47 Å². The van der Waals surface area contributed by atoms with Gasteiger partial charge in [0.2, 0.25) is 0 Å². The Hall–Kier alpha value is -2.85. The summed E-state index contributed by atoms with van der Waals surface area (Å²) in [6.45, 7) is 3.07. The van der Waals surface area contributed by atoms with E-state index < -0.39 is 24.6 Å². The second kappa shape index (κ2) is 8.23. The highest BCUT2D eigenvalue weighted by Crippen LogP contribution is 2.38. The van der Waals surface area contributed by atoms with Gasteiger partial charge >= 0.3 is 5.97 Å². The molecule has 0 aliphatic heterocycles. The molecule has 7 heteroatoms. The Bertz CT molecular complexity index is 913. The third kappa shape index (κ3) is 4.47. The minimum Gasteiger partial charge on any atom is -0.479 e. The summed E-state index contributed by atoms with van der Waals surface area (Å²) in [6.07, 6.45) is 2.01. The molecule has 3 rings (SSSR count). The average Bonchev–Trinajstić information content (AvgIpc) is 3.20. The molecule has 1 N–H and O–H groups in total. The fourth-order valence-corrected chi connectivity index (χ4v) is 4.22. The van der Waals surface area contributed by atoms with Crippen LogP contribution in [0.5, 0.6) is 5.75 Å². The Morgan fingerprint density at radius 3 is 2.93 bits per heavy atom. The summed E-state index contributed by atoms with van der Waals surface area (Å²) in [5.41, 5.74) is 2.59. The van der Waals surface area contributed by atoms with Gasteiger partial charge < -0.3 is 14.8 Å². The number of carbonyl (C=O) groups excluding carboxylic acids is 2. The second-order valence-corrected chi connectivity index (χ2v) is 7.51. The number of nitrogens with zero attached hydrogens (tertiary/aromatic N) is 1. The summed E-state index contributed by atoms with van der Waals surface area (Å²) in [7, 11) is 0. The molecule has 0 unspecified atom stereocenters. The fraction of sp³-hybridized carbons (Fsp3) is 0.350. The number of nitrogens with one attached hydrogen (secondary N) is 1. The van der Waals surface area contributed by atoms with Gasteiger partial charge in [-0.3, -0.25) is 4.79 Å². The topological polar surface area (TPSA) is 88.4 Å². The first-order valence-corrected chi connectivity index (χ1v) is 9.54. The van der Waals surface area contributed by atoms with Crippen LogP contribution in [-0.4, -0.2) is 24.6 Å². The maximum Gasteiger partial charge on any atom is 0.347 e. The quantitative estimate of drug-likeness (QED) is 0.772. The third-order valence-electron chi connectivity index (χ3n) is 4.27. The molecule has 1 aliphatic carbocycles. The monoisotopic (exact) mass is 384 g/mol. The maximum absolute atomic E-state index is 12.1. The Morgan fingerprint density at radius 1 is 1.37 bits per heavy atom. The number of ether oxygens (including phenoxy) is 2. The van der Waals surface area contributed by atoms with Crippen molar-refractivity contribution in [2.75, 3.05) is 11.9 Å². The van der Waals surface area contributed by atoms with E-state index in [1.165, 1.54) is 11.3 Å². The van der Waals surface area contributed by atoms with Gasteiger partial charge in [-0.15, -0.1) is 11.3 Å². The molecule has 1 heterocycles. The number of thiophene rings is 1. The molecule has 0 saturated carbocycles. The summed E-state index contributed by atoms with van der Waals surface area (Å²) < 4.78 is 10.6. The summed E-state index contributed by atoms with van der Waals surface area (Å²) in [6, 6.07) is 9.49. The summed E-state index contributed by atoms with van der Waals surface area (Å²) in [4.78, 5) is 25.3. The lowest BCUT2D eigenvalue weighted by Crippen LogP contribution is -2.29. The number of carbonyl (C=O) groups is 2. The van der Waals surface area contributed by atoms with E-state index >= 15 is 0 Å². The molecule has 6 nitrogen and oxygen atoms in total. The number of hydrogen-bond acceptors (Lipinski definition) is 6. The Morgan fingerprint density at radius 2 is 2.19 bits per heavy atom. The number of hydrogen-bond donors (Lipinski definition) is 1. The predicted molar refractivity (Wildman–Crippen MR) is 102 cm³/mol. The first kappa shape index (κ1) is 18.9. The smallest absolute Gasteiger partial charge is 0.347 e. The molecule has 0 saturated heterocycles. The van der Waals surface area contributed by atoms with Crippen LogP contribution in [0.4, 0.5) is 5.00 Å². The number of rotatable bonds is 6. The van der Waals surface area contributed by atoms with Gasteiger partial charge in [0, 0.05) is 4.88 Å². The van der Waals surface area contributed by atoms with E-state index in [2.05, 4.69) is 11.4 Å². The zero-order valence-electron chi connectivity index (χ0n) is 15.2. The molecule has 140 valence electrons. The molecule has 0 radical (unpaired) electrons. The molecule has 27 heavy (non-hydrogen) atoms. The molecular weight excluding hydrogens is 364 g/mol. The molecule has 1 aromatic carbocycles. The minimum absolute atomic E-state index is 0.423. The van der Waals surface area contributed by atoms with Crippen molar-refractivity contribution in [1.29, 1.82) is 5.26 Å². The fourth-order valence-electron chi connectivity index (χ4n) is 2.97. The van der Waals surface area contributed by atoms with Gasteiger partial charge in [-0.1, -0.05) is 12.1 Å². The first-order valence-electron chi connectivity index (χ1n) is 8.72. The van der Waals surface area contributed by atoms with Crippen molar-refractivity contribution in [2.24, 2.45) is 0 Å². The summed E-state index contributed by atoms with van der Waals surface area (Å²) >= 11 is 1.43. The highest BCUT2D eigenvalue weighted by molar-refractivity contribution is 7.16. The Labute approximate surface area is 161 Å². The number of fused-ring (bicyclic) bond motifs is 1. The largest absolute Gasteiger partial charge is 0.479 e. The zero-order valence-corrected chi connectivity index (χ0v) is 16.0. The first-order chi connectivity index (χ1) is 13.0. The van der Waals surface area contributed by atoms with Crippen LogP contribution in [0.25, 0.3) is 0 Å². The van der Waals surface area contributed by atoms with Crippen molar-refractivity contribution in [3.63, 3.8) is 0 Å². The lowest BCUT2D eigenvalue weighted by atomic mass is 10.1. The number of aryl methyl sites for hydroxylation is 2. The van der Waals surface area contributed by atoms with E-state index in [1.54, 1.807) is 13.0 Å². The summed E-state index contributed by atoms with van der Waals surface area (Å²) in [5, 5.41) is 12.6. The maximum atomic E-state index is 12.1. The number of anilines is 1. The van der Waals surface area contributed by atoms with Crippen molar-refractivity contribution in [3.05, 3.63) is 45.8 Å². The van der Waals surface area contributed by atoms with Gasteiger partial charge in [0.1, 0.15) is 16.8 Å². The molecule has 0 bridgehead atoms. The second-order valence-electron chi connectivity index (χ2n) is 6.41. The standard InChI is InChI=1S/C20H20N2O4S/c1-12-5-3-6-14(9-12)26-13(2)20(24)25-11-18(23)22-19-16(10-21)15-7-4-8-17(15)27-19/h3,5-6,9,13H,4,7-8,11H2,1-2H3,(H,22,23)/t13-/m1/s1. The molecule has 1 atom stereocenters. The predicted octanol–water partition coefficient (Wildman–Crippen LogP) is 3.37. The molecule has 0 fully saturated rings. The minimum atomic E-state index is -0.834. The van der Waals surface area contributed by atoms with Crippen molar-refractivity contribution in [3.8, 4) is 11.8 Å². The number of benzene rings is 1. The molecule has 1 amide bonds. The number of nitriles is 1. The molecule has 1 aromatic heterocycles. The van der Waals surface area contributed by atoms with Crippen molar-refractivity contribution >= 4 is 28.2 Å². The lowest BCUT2D eigenvalue weighted by Gasteiger charge is -2.14. The molecule has 1 aliphatic rings. The van der Waals surface area contributed by atoms with Crippen LogP contribution in [0.15, 0.2) is 24.3 Å². The van der Waals surface area contributed by atoms with Gasteiger partial charge in [-0.2, -0.15) is 5.26 Å². The number of esters is 1. The van der Waals surface area contributed by atoms with Crippen LogP contribution < -0.4 is 10.1 Å². The van der Waals surface area contributed by atoms with E-state index in [9.17, 15) is 14.9 Å². The van der Waals surface area contributed by atoms with Gasteiger partial charge in [0.25, 0.3) is 5.91 Å². The van der Waals surface area contributed by atoms with E-state index in [1.807, 2.05) is 25.1 Å². The van der Waals surface area contributed by atoms with Crippen molar-refractivity contribution in [2.45, 2.75) is 39.2 Å². The van der Waals surface area contributed by atoms with Crippen molar-refractivity contribution < 1.29 is 19.1 Å². The molecular formula is C20H20N2O4S. The Kier molecular flexibility index (Phi) is 5.77. The molecule has 2 aromatic rings. The van der Waals surface area contributed by atoms with Crippen LogP contribution >= 0.6 is 11.3 Å². The third-order valence-corrected chi connectivity index (χ3v) is 5.47. The van der Waals surface area contributed by atoms with Crippen LogP contribution in [0.2, 0.25) is 0 Å². The highest BCUT2D eigenvalue weighted by atomic mass is 32.1. The Balaban J connectivity index is 1.52. The van der Waals surface area contributed by atoms with Crippen molar-refractivity contribution in [1.82, 2.24) is 0 Å². The van der Waals surface area contributed by atoms with Crippen LogP contribution in [0.3, 0.4) is 0 Å².